The molecule has 5 heteroatoms. The number of likely N-dealkylation sites (tertiary alicyclic amines) is 2. The second-order valence-electron chi connectivity index (χ2n) is 7.25. The van der Waals surface area contributed by atoms with Crippen LogP contribution in [0.3, 0.4) is 0 Å². The minimum atomic E-state index is 0.310. The molecule has 2 saturated heterocycles. The smallest absolute Gasteiger partial charge is 0.0586 e. The van der Waals surface area contributed by atoms with E-state index in [2.05, 4.69) is 27.2 Å². The van der Waals surface area contributed by atoms with Crippen LogP contribution in [0.5, 0.6) is 0 Å². The van der Waals surface area contributed by atoms with E-state index in [1.807, 2.05) is 11.3 Å². The van der Waals surface area contributed by atoms with Gasteiger partial charge in [0.05, 0.1) is 6.61 Å². The van der Waals surface area contributed by atoms with Crippen LogP contribution in [-0.4, -0.2) is 60.3 Å². The summed E-state index contributed by atoms with van der Waals surface area (Å²) in [6, 6.07) is 4.98. The fourth-order valence-electron chi connectivity index (χ4n) is 3.94. The quantitative estimate of drug-likeness (QED) is 0.706. The Kier molecular flexibility index (Phi) is 7.55. The Morgan fingerprint density at radius 1 is 1.04 bits per heavy atom. The van der Waals surface area contributed by atoms with Gasteiger partial charge in [-0.3, -0.25) is 9.80 Å². The Bertz CT molecular complexity index is 473. The van der Waals surface area contributed by atoms with Gasteiger partial charge in [0, 0.05) is 42.0 Å². The van der Waals surface area contributed by atoms with Crippen LogP contribution in [0, 0.1) is 0 Å². The van der Waals surface area contributed by atoms with Crippen LogP contribution in [0.25, 0.3) is 0 Å². The molecule has 3 heterocycles. The van der Waals surface area contributed by atoms with Gasteiger partial charge in [-0.1, -0.05) is 12.8 Å². The van der Waals surface area contributed by atoms with Crippen LogP contribution >= 0.6 is 11.3 Å². The first-order valence-electron chi connectivity index (χ1n) is 9.71. The van der Waals surface area contributed by atoms with Crippen molar-refractivity contribution < 1.29 is 5.11 Å². The molecule has 0 aliphatic carbocycles. The monoisotopic (exact) mass is 351 g/mol. The van der Waals surface area contributed by atoms with Gasteiger partial charge in [0.15, 0.2) is 0 Å². The van der Waals surface area contributed by atoms with Gasteiger partial charge in [0.25, 0.3) is 0 Å². The molecule has 1 atom stereocenters. The lowest BCUT2D eigenvalue weighted by molar-refractivity contribution is 0.0910. The van der Waals surface area contributed by atoms with Gasteiger partial charge in [-0.15, -0.1) is 11.3 Å². The van der Waals surface area contributed by atoms with Gasteiger partial charge >= 0.3 is 0 Å². The summed E-state index contributed by atoms with van der Waals surface area (Å²) in [6.07, 6.45) is 7.84. The second-order valence-corrected chi connectivity index (χ2v) is 8.50. The number of nitrogens with zero attached hydrogens (tertiary/aromatic N) is 2. The lowest BCUT2D eigenvalue weighted by atomic mass is 10.0. The van der Waals surface area contributed by atoms with E-state index in [-0.39, 0.29) is 0 Å². The van der Waals surface area contributed by atoms with E-state index >= 15 is 0 Å². The molecule has 0 radical (unpaired) electrons. The summed E-state index contributed by atoms with van der Waals surface area (Å²) in [5, 5.41) is 13.1. The summed E-state index contributed by atoms with van der Waals surface area (Å²) < 4.78 is 0. The van der Waals surface area contributed by atoms with Gasteiger partial charge in [-0.2, -0.15) is 0 Å². The number of nitrogens with one attached hydrogen (secondary N) is 1. The standard InChI is InChI=1S/C19H33N3OS/c23-16-17-6-2-5-12-22(17)13-9-20-14-18-7-8-19(24-18)15-21-10-3-1-4-11-21/h7-8,17,20,23H,1-6,9-16H2. The Balaban J connectivity index is 1.34. The second kappa shape index (κ2) is 9.88. The van der Waals surface area contributed by atoms with Crippen molar-refractivity contribution in [3.8, 4) is 0 Å². The Hall–Kier alpha value is -0.460. The third-order valence-corrected chi connectivity index (χ3v) is 6.45. The maximum atomic E-state index is 9.47. The minimum absolute atomic E-state index is 0.310. The highest BCUT2D eigenvalue weighted by Crippen LogP contribution is 2.20. The van der Waals surface area contributed by atoms with Crippen LogP contribution in [0.1, 0.15) is 48.3 Å². The summed E-state index contributed by atoms with van der Waals surface area (Å²) in [5.74, 6) is 0. The van der Waals surface area contributed by atoms with E-state index in [0.29, 0.717) is 12.6 Å². The molecule has 0 spiro atoms. The molecule has 2 aliphatic heterocycles. The van der Waals surface area contributed by atoms with Crippen LogP contribution in [0.4, 0.5) is 0 Å². The minimum Gasteiger partial charge on any atom is -0.395 e. The van der Waals surface area contributed by atoms with Crippen LogP contribution in [0.15, 0.2) is 12.1 Å². The zero-order valence-corrected chi connectivity index (χ0v) is 15.7. The van der Waals surface area contributed by atoms with E-state index in [0.717, 1.165) is 39.1 Å². The summed E-state index contributed by atoms with van der Waals surface area (Å²) >= 11 is 1.96. The molecule has 2 aliphatic rings. The number of hydrogen-bond acceptors (Lipinski definition) is 5. The molecule has 4 nitrogen and oxygen atoms in total. The molecule has 0 aromatic carbocycles. The van der Waals surface area contributed by atoms with E-state index in [9.17, 15) is 5.11 Å². The molecule has 0 amide bonds. The molecule has 1 aromatic heterocycles. The topological polar surface area (TPSA) is 38.7 Å². The normalized spacial score (nSPS) is 23.6. The van der Waals surface area contributed by atoms with Crippen molar-refractivity contribution >= 4 is 11.3 Å². The van der Waals surface area contributed by atoms with Crippen LogP contribution in [0.2, 0.25) is 0 Å². The third kappa shape index (κ3) is 5.53. The van der Waals surface area contributed by atoms with Crippen molar-refractivity contribution in [1.29, 1.82) is 0 Å². The van der Waals surface area contributed by atoms with E-state index in [4.69, 9.17) is 0 Å². The largest absolute Gasteiger partial charge is 0.395 e. The van der Waals surface area contributed by atoms with E-state index in [1.165, 1.54) is 54.9 Å². The number of thiophene rings is 1. The molecule has 2 fully saturated rings. The molecule has 3 rings (SSSR count). The zero-order valence-electron chi connectivity index (χ0n) is 14.9. The number of piperidine rings is 2. The Labute approximate surface area is 150 Å². The van der Waals surface area contributed by atoms with Crippen molar-refractivity contribution in [3.63, 3.8) is 0 Å². The molecule has 24 heavy (non-hydrogen) atoms. The predicted molar refractivity (Wildman–Crippen MR) is 101 cm³/mol. The van der Waals surface area contributed by atoms with E-state index < -0.39 is 0 Å². The maximum absolute atomic E-state index is 9.47. The predicted octanol–water partition coefficient (Wildman–Crippen LogP) is 2.67. The van der Waals surface area contributed by atoms with Crippen molar-refractivity contribution in [3.05, 3.63) is 21.9 Å². The summed E-state index contributed by atoms with van der Waals surface area (Å²) in [7, 11) is 0. The first-order valence-corrected chi connectivity index (χ1v) is 10.5. The first-order chi connectivity index (χ1) is 11.8. The number of aliphatic hydroxyl groups excluding tert-OH is 1. The molecule has 2 N–H and O–H groups in total. The molecule has 0 saturated carbocycles. The van der Waals surface area contributed by atoms with Gasteiger partial charge in [-0.05, 0) is 57.5 Å². The average Bonchev–Trinajstić information content (AvgIpc) is 3.07. The van der Waals surface area contributed by atoms with Crippen LogP contribution in [-0.2, 0) is 13.1 Å². The highest BCUT2D eigenvalue weighted by Gasteiger charge is 2.20. The number of rotatable bonds is 8. The van der Waals surface area contributed by atoms with Crippen molar-refractivity contribution in [1.82, 2.24) is 15.1 Å². The fraction of sp³-hybridized carbons (Fsp3) is 0.789. The van der Waals surface area contributed by atoms with E-state index in [1.54, 1.807) is 0 Å². The van der Waals surface area contributed by atoms with Crippen LogP contribution < -0.4 is 5.32 Å². The molecular weight excluding hydrogens is 318 g/mol. The summed E-state index contributed by atoms with van der Waals surface area (Å²) in [5.41, 5.74) is 0. The highest BCUT2D eigenvalue weighted by molar-refractivity contribution is 7.11. The molecule has 1 aromatic rings. The van der Waals surface area contributed by atoms with Gasteiger partial charge < -0.3 is 10.4 Å². The SMILES string of the molecule is OCC1CCCCN1CCNCc1ccc(CN2CCCCC2)s1. The summed E-state index contributed by atoms with van der Waals surface area (Å²) in [4.78, 5) is 7.99. The van der Waals surface area contributed by atoms with Crippen molar-refractivity contribution in [2.75, 3.05) is 39.3 Å². The average molecular weight is 352 g/mol. The van der Waals surface area contributed by atoms with Gasteiger partial charge in [0.2, 0.25) is 0 Å². The lowest BCUT2D eigenvalue weighted by Crippen LogP contribution is -2.44. The zero-order chi connectivity index (χ0) is 16.6. The molecular formula is C19H33N3OS. The van der Waals surface area contributed by atoms with Gasteiger partial charge in [-0.25, -0.2) is 0 Å². The van der Waals surface area contributed by atoms with Gasteiger partial charge in [0.1, 0.15) is 0 Å². The highest BCUT2D eigenvalue weighted by atomic mass is 32.1. The number of aliphatic hydroxyl groups is 1. The third-order valence-electron chi connectivity index (χ3n) is 5.38. The fourth-order valence-corrected chi connectivity index (χ4v) is 4.97. The van der Waals surface area contributed by atoms with Crippen molar-refractivity contribution in [2.24, 2.45) is 0 Å². The molecule has 136 valence electrons. The Morgan fingerprint density at radius 2 is 1.83 bits per heavy atom. The molecule has 1 unspecified atom stereocenters. The Morgan fingerprint density at radius 3 is 2.67 bits per heavy atom. The first kappa shape index (κ1) is 18.3. The number of hydrogen-bond donors (Lipinski definition) is 2. The lowest BCUT2D eigenvalue weighted by Gasteiger charge is -2.34. The maximum Gasteiger partial charge on any atom is 0.0586 e. The molecule has 0 bridgehead atoms. The summed E-state index contributed by atoms with van der Waals surface area (Å²) in [6.45, 7) is 8.17. The van der Waals surface area contributed by atoms with Crippen molar-refractivity contribution in [2.45, 2.75) is 57.7 Å².